The summed E-state index contributed by atoms with van der Waals surface area (Å²) in [5.74, 6) is 0.440. The summed E-state index contributed by atoms with van der Waals surface area (Å²) in [6.45, 7) is 2.04. The number of hydrogen-bond acceptors (Lipinski definition) is 4. The van der Waals surface area contributed by atoms with Crippen LogP contribution < -0.4 is 14.8 Å². The minimum Gasteiger partial charge on any atom is -0.493 e. The second kappa shape index (κ2) is 12.6. The first-order valence-electron chi connectivity index (χ1n) is 11.5. The normalized spacial score (nSPS) is 11.4. The molecule has 0 saturated carbocycles. The van der Waals surface area contributed by atoms with Gasteiger partial charge in [-0.25, -0.2) is 4.39 Å². The standard InChI is InChI=1S/C28H31FN2O4/c1-20(32)31(19-23-9-12-24(29)13-10-23)25(17-21-7-5-4-6-8-21)28(33)30-16-15-22-11-14-26(34-2)27(18-22)35-3/h4-14,18,25H,15-17,19H2,1-3H3,(H,30,33)/t25-/m0/s1. The molecule has 0 bridgehead atoms. The van der Waals surface area contributed by atoms with Gasteiger partial charge < -0.3 is 19.7 Å². The Morgan fingerprint density at radius 1 is 0.886 bits per heavy atom. The van der Waals surface area contributed by atoms with Crippen molar-refractivity contribution in [1.82, 2.24) is 10.2 Å². The van der Waals surface area contributed by atoms with Gasteiger partial charge in [0.25, 0.3) is 0 Å². The molecule has 3 aromatic rings. The zero-order valence-corrected chi connectivity index (χ0v) is 20.3. The van der Waals surface area contributed by atoms with Gasteiger partial charge in [-0.1, -0.05) is 48.5 Å². The molecule has 1 atom stereocenters. The van der Waals surface area contributed by atoms with Gasteiger partial charge in [-0.05, 0) is 47.4 Å². The Kier molecular flexibility index (Phi) is 9.23. The lowest BCUT2D eigenvalue weighted by Crippen LogP contribution is -2.50. The lowest BCUT2D eigenvalue weighted by atomic mass is 10.0. The maximum atomic E-state index is 13.4. The Bertz CT molecular complexity index is 1120. The van der Waals surface area contributed by atoms with Crippen LogP contribution in [0.2, 0.25) is 0 Å². The summed E-state index contributed by atoms with van der Waals surface area (Å²) in [5, 5.41) is 2.98. The highest BCUT2D eigenvalue weighted by Gasteiger charge is 2.28. The van der Waals surface area contributed by atoms with Crippen LogP contribution >= 0.6 is 0 Å². The molecule has 0 aliphatic rings. The number of nitrogens with zero attached hydrogens (tertiary/aromatic N) is 1. The Morgan fingerprint density at radius 2 is 1.54 bits per heavy atom. The van der Waals surface area contributed by atoms with Gasteiger partial charge in [0.2, 0.25) is 11.8 Å². The SMILES string of the molecule is COc1ccc(CCNC(=O)[C@H](Cc2ccccc2)N(Cc2ccc(F)cc2)C(C)=O)cc1OC. The number of carbonyl (C=O) groups is 2. The maximum Gasteiger partial charge on any atom is 0.243 e. The second-order valence-corrected chi connectivity index (χ2v) is 8.21. The van der Waals surface area contributed by atoms with E-state index >= 15 is 0 Å². The number of benzene rings is 3. The van der Waals surface area contributed by atoms with E-state index in [0.29, 0.717) is 30.9 Å². The molecule has 0 saturated heterocycles. The molecule has 6 nitrogen and oxygen atoms in total. The van der Waals surface area contributed by atoms with Crippen molar-refractivity contribution in [3.63, 3.8) is 0 Å². The molecule has 1 N–H and O–H groups in total. The average molecular weight is 479 g/mol. The summed E-state index contributed by atoms with van der Waals surface area (Å²) < 4.78 is 24.0. The van der Waals surface area contributed by atoms with Crippen molar-refractivity contribution in [3.8, 4) is 11.5 Å². The third-order valence-electron chi connectivity index (χ3n) is 5.78. The maximum absolute atomic E-state index is 13.4. The fourth-order valence-electron chi connectivity index (χ4n) is 3.89. The van der Waals surface area contributed by atoms with Crippen LogP contribution in [0.1, 0.15) is 23.6 Å². The van der Waals surface area contributed by atoms with Crippen LogP contribution in [-0.4, -0.2) is 43.5 Å². The van der Waals surface area contributed by atoms with Gasteiger partial charge in [0, 0.05) is 26.4 Å². The van der Waals surface area contributed by atoms with Crippen LogP contribution in [0.5, 0.6) is 11.5 Å². The number of ether oxygens (including phenoxy) is 2. The fourth-order valence-corrected chi connectivity index (χ4v) is 3.89. The highest BCUT2D eigenvalue weighted by atomic mass is 19.1. The summed E-state index contributed by atoms with van der Waals surface area (Å²) in [7, 11) is 3.16. The van der Waals surface area contributed by atoms with Crippen molar-refractivity contribution in [2.75, 3.05) is 20.8 Å². The van der Waals surface area contributed by atoms with Crippen LogP contribution in [0, 0.1) is 5.82 Å². The lowest BCUT2D eigenvalue weighted by Gasteiger charge is -2.30. The topological polar surface area (TPSA) is 67.9 Å². The van der Waals surface area contributed by atoms with Crippen LogP contribution in [0.4, 0.5) is 4.39 Å². The number of nitrogens with one attached hydrogen (secondary N) is 1. The smallest absolute Gasteiger partial charge is 0.243 e. The Balaban J connectivity index is 1.75. The number of amides is 2. The van der Waals surface area contributed by atoms with E-state index in [1.165, 1.54) is 24.0 Å². The van der Waals surface area contributed by atoms with Crippen molar-refractivity contribution in [2.24, 2.45) is 0 Å². The van der Waals surface area contributed by atoms with E-state index in [1.54, 1.807) is 26.4 Å². The zero-order valence-electron chi connectivity index (χ0n) is 20.3. The molecule has 0 heterocycles. The van der Waals surface area contributed by atoms with Crippen molar-refractivity contribution in [1.29, 1.82) is 0 Å². The molecule has 3 aromatic carbocycles. The number of rotatable bonds is 11. The van der Waals surface area contributed by atoms with E-state index in [1.807, 2.05) is 48.5 Å². The van der Waals surface area contributed by atoms with Crippen LogP contribution in [0.25, 0.3) is 0 Å². The van der Waals surface area contributed by atoms with Gasteiger partial charge in [-0.15, -0.1) is 0 Å². The molecular formula is C28H31FN2O4. The van der Waals surface area contributed by atoms with Gasteiger partial charge in [0.1, 0.15) is 11.9 Å². The molecule has 0 spiro atoms. The van der Waals surface area contributed by atoms with Crippen molar-refractivity contribution < 1.29 is 23.5 Å². The fraction of sp³-hybridized carbons (Fsp3) is 0.286. The van der Waals surface area contributed by atoms with Crippen molar-refractivity contribution >= 4 is 11.8 Å². The highest BCUT2D eigenvalue weighted by Crippen LogP contribution is 2.27. The Labute approximate surface area is 205 Å². The van der Waals surface area contributed by atoms with Gasteiger partial charge in [0.15, 0.2) is 11.5 Å². The van der Waals surface area contributed by atoms with E-state index in [0.717, 1.165) is 16.7 Å². The van der Waals surface area contributed by atoms with E-state index in [4.69, 9.17) is 9.47 Å². The second-order valence-electron chi connectivity index (χ2n) is 8.21. The first-order valence-corrected chi connectivity index (χ1v) is 11.5. The monoisotopic (exact) mass is 478 g/mol. The first-order chi connectivity index (χ1) is 16.9. The summed E-state index contributed by atoms with van der Waals surface area (Å²) >= 11 is 0. The quantitative estimate of drug-likeness (QED) is 0.449. The average Bonchev–Trinajstić information content (AvgIpc) is 2.87. The molecule has 35 heavy (non-hydrogen) atoms. The van der Waals surface area contributed by atoms with Gasteiger partial charge in [-0.3, -0.25) is 9.59 Å². The van der Waals surface area contributed by atoms with Crippen LogP contribution in [-0.2, 0) is 29.0 Å². The minimum atomic E-state index is -0.717. The van der Waals surface area contributed by atoms with Crippen molar-refractivity contribution in [3.05, 3.63) is 95.3 Å². The predicted molar refractivity (Wildman–Crippen MR) is 133 cm³/mol. The Morgan fingerprint density at radius 3 is 2.17 bits per heavy atom. The molecule has 0 fully saturated rings. The van der Waals surface area contributed by atoms with Crippen molar-refractivity contribution in [2.45, 2.75) is 32.4 Å². The molecule has 7 heteroatoms. The van der Waals surface area contributed by atoms with Gasteiger partial charge in [0.05, 0.1) is 14.2 Å². The van der Waals surface area contributed by atoms with E-state index in [9.17, 15) is 14.0 Å². The minimum absolute atomic E-state index is 0.205. The highest BCUT2D eigenvalue weighted by molar-refractivity contribution is 5.87. The van der Waals surface area contributed by atoms with Crippen LogP contribution in [0.15, 0.2) is 72.8 Å². The predicted octanol–water partition coefficient (Wildman–Crippen LogP) is 4.16. The molecule has 3 rings (SSSR count). The molecule has 184 valence electrons. The number of hydrogen-bond donors (Lipinski definition) is 1. The summed E-state index contributed by atoms with van der Waals surface area (Å²) in [6, 6.07) is 20.4. The Hall–Kier alpha value is -3.87. The summed E-state index contributed by atoms with van der Waals surface area (Å²) in [4.78, 5) is 27.5. The zero-order chi connectivity index (χ0) is 25.2. The van der Waals surface area contributed by atoms with E-state index in [-0.39, 0.29) is 24.2 Å². The van der Waals surface area contributed by atoms with Gasteiger partial charge >= 0.3 is 0 Å². The molecule has 0 aliphatic carbocycles. The summed E-state index contributed by atoms with van der Waals surface area (Å²) in [5.41, 5.74) is 2.67. The molecule has 0 aliphatic heterocycles. The molecule has 0 radical (unpaired) electrons. The third kappa shape index (κ3) is 7.30. The molecule has 0 unspecified atom stereocenters. The lowest BCUT2D eigenvalue weighted by molar-refractivity contribution is -0.139. The molecular weight excluding hydrogens is 447 g/mol. The number of carbonyl (C=O) groups excluding carboxylic acids is 2. The molecule has 2 amide bonds. The number of methoxy groups -OCH3 is 2. The third-order valence-corrected chi connectivity index (χ3v) is 5.78. The van der Waals surface area contributed by atoms with E-state index in [2.05, 4.69) is 5.32 Å². The number of halogens is 1. The summed E-state index contributed by atoms with van der Waals surface area (Å²) in [6.07, 6.45) is 0.950. The van der Waals surface area contributed by atoms with E-state index < -0.39 is 6.04 Å². The van der Waals surface area contributed by atoms with Gasteiger partial charge in [-0.2, -0.15) is 0 Å². The largest absolute Gasteiger partial charge is 0.493 e. The van der Waals surface area contributed by atoms with Crippen LogP contribution in [0.3, 0.4) is 0 Å². The first kappa shape index (κ1) is 25.7. The molecule has 0 aromatic heterocycles.